The minimum atomic E-state index is -0.338. The van der Waals surface area contributed by atoms with Gasteiger partial charge in [-0.2, -0.15) is 0 Å². The summed E-state index contributed by atoms with van der Waals surface area (Å²) in [6.07, 6.45) is 0. The molecule has 0 aromatic heterocycles. The van der Waals surface area contributed by atoms with Gasteiger partial charge in [0.2, 0.25) is 5.91 Å². The minimum Gasteiger partial charge on any atom is -0.379 e. The van der Waals surface area contributed by atoms with E-state index in [9.17, 15) is 4.79 Å². The zero-order chi connectivity index (χ0) is 19.9. The Morgan fingerprint density at radius 2 is 1.17 bits per heavy atom. The Hall–Kier alpha value is -2.95. The number of morpholine rings is 1. The monoisotopic (exact) mass is 386 g/mol. The van der Waals surface area contributed by atoms with Gasteiger partial charge in [-0.3, -0.25) is 9.69 Å². The first-order valence-electron chi connectivity index (χ1n) is 10.1. The summed E-state index contributed by atoms with van der Waals surface area (Å²) in [6, 6.07) is 29.7. The lowest BCUT2D eigenvalue weighted by molar-refractivity contribution is -0.129. The van der Waals surface area contributed by atoms with Gasteiger partial charge in [-0.25, -0.2) is 0 Å². The van der Waals surface area contributed by atoms with Gasteiger partial charge < -0.3 is 10.1 Å². The Morgan fingerprint density at radius 1 is 0.724 bits per heavy atom. The van der Waals surface area contributed by atoms with Crippen LogP contribution in [0.2, 0.25) is 0 Å². The van der Waals surface area contributed by atoms with Crippen LogP contribution in [0.15, 0.2) is 91.0 Å². The van der Waals surface area contributed by atoms with E-state index >= 15 is 0 Å². The van der Waals surface area contributed by atoms with E-state index in [0.717, 1.165) is 29.8 Å². The minimum absolute atomic E-state index is 0.0100. The molecule has 1 unspecified atom stereocenters. The molecular formula is C25H26N2O2. The van der Waals surface area contributed by atoms with Crippen molar-refractivity contribution in [2.75, 3.05) is 26.3 Å². The van der Waals surface area contributed by atoms with E-state index in [0.29, 0.717) is 13.2 Å². The highest BCUT2D eigenvalue weighted by Gasteiger charge is 2.30. The number of benzene rings is 3. The average Bonchev–Trinajstić information content (AvgIpc) is 2.80. The van der Waals surface area contributed by atoms with Crippen molar-refractivity contribution in [3.8, 4) is 0 Å². The first-order valence-corrected chi connectivity index (χ1v) is 10.1. The fraction of sp³-hybridized carbons (Fsp3) is 0.240. The van der Waals surface area contributed by atoms with E-state index in [4.69, 9.17) is 4.74 Å². The quantitative estimate of drug-likeness (QED) is 0.697. The number of carbonyl (C=O) groups excluding carboxylic acids is 1. The highest BCUT2D eigenvalue weighted by Crippen LogP contribution is 2.26. The SMILES string of the molecule is O=C(NC(c1ccccc1)c1ccccc1)C(c1ccccc1)N1CCOCC1. The molecule has 1 atom stereocenters. The van der Waals surface area contributed by atoms with Crippen LogP contribution < -0.4 is 5.32 Å². The molecular weight excluding hydrogens is 360 g/mol. The molecule has 3 aromatic rings. The van der Waals surface area contributed by atoms with Gasteiger partial charge >= 0.3 is 0 Å². The second kappa shape index (κ2) is 9.50. The third kappa shape index (κ3) is 4.73. The molecule has 4 heteroatoms. The van der Waals surface area contributed by atoms with E-state index in [-0.39, 0.29) is 18.0 Å². The Labute approximate surface area is 172 Å². The van der Waals surface area contributed by atoms with Crippen molar-refractivity contribution in [3.63, 3.8) is 0 Å². The van der Waals surface area contributed by atoms with Crippen molar-refractivity contribution in [1.82, 2.24) is 10.2 Å². The Kier molecular flexibility index (Phi) is 6.35. The predicted molar refractivity (Wildman–Crippen MR) is 114 cm³/mol. The lowest BCUT2D eigenvalue weighted by atomic mass is 9.97. The molecule has 1 amide bonds. The summed E-state index contributed by atoms with van der Waals surface area (Å²) in [5.41, 5.74) is 3.15. The predicted octanol–water partition coefficient (Wildman–Crippen LogP) is 3.97. The van der Waals surface area contributed by atoms with Crippen molar-refractivity contribution in [2.45, 2.75) is 12.1 Å². The normalized spacial score (nSPS) is 15.8. The summed E-state index contributed by atoms with van der Waals surface area (Å²) in [7, 11) is 0. The van der Waals surface area contributed by atoms with Crippen LogP contribution in [0.25, 0.3) is 0 Å². The van der Waals surface area contributed by atoms with Crippen LogP contribution in [0.3, 0.4) is 0 Å². The third-order valence-corrected chi connectivity index (χ3v) is 5.33. The van der Waals surface area contributed by atoms with Crippen LogP contribution in [0.5, 0.6) is 0 Å². The van der Waals surface area contributed by atoms with Gasteiger partial charge in [0.25, 0.3) is 0 Å². The summed E-state index contributed by atoms with van der Waals surface area (Å²) < 4.78 is 5.51. The lowest BCUT2D eigenvalue weighted by Gasteiger charge is -2.35. The largest absolute Gasteiger partial charge is 0.379 e. The van der Waals surface area contributed by atoms with Gasteiger partial charge in [0, 0.05) is 13.1 Å². The third-order valence-electron chi connectivity index (χ3n) is 5.33. The number of carbonyl (C=O) groups is 1. The fourth-order valence-corrected chi connectivity index (χ4v) is 3.87. The lowest BCUT2D eigenvalue weighted by Crippen LogP contribution is -2.46. The Balaban J connectivity index is 1.65. The molecule has 0 saturated carbocycles. The van der Waals surface area contributed by atoms with Gasteiger partial charge in [-0.1, -0.05) is 91.0 Å². The molecule has 3 aromatic carbocycles. The molecule has 1 aliphatic heterocycles. The second-order valence-corrected chi connectivity index (χ2v) is 7.22. The number of nitrogens with zero attached hydrogens (tertiary/aromatic N) is 1. The maximum atomic E-state index is 13.6. The number of hydrogen-bond donors (Lipinski definition) is 1. The van der Waals surface area contributed by atoms with Crippen molar-refractivity contribution in [2.24, 2.45) is 0 Å². The summed E-state index contributed by atoms with van der Waals surface area (Å²) >= 11 is 0. The smallest absolute Gasteiger partial charge is 0.242 e. The van der Waals surface area contributed by atoms with Crippen LogP contribution in [0.4, 0.5) is 0 Å². The standard InChI is InChI=1S/C25H26N2O2/c28-25(24(22-14-8-3-9-15-22)27-16-18-29-19-17-27)26-23(20-10-4-1-5-11-20)21-12-6-2-7-13-21/h1-15,23-24H,16-19H2,(H,26,28). The number of hydrogen-bond acceptors (Lipinski definition) is 3. The zero-order valence-electron chi connectivity index (χ0n) is 16.4. The number of nitrogens with one attached hydrogen (secondary N) is 1. The van der Waals surface area contributed by atoms with E-state index in [1.807, 2.05) is 66.7 Å². The molecule has 1 saturated heterocycles. The number of ether oxygens (including phenoxy) is 1. The summed E-state index contributed by atoms with van der Waals surface area (Å²) in [5.74, 6) is 0.0100. The van der Waals surface area contributed by atoms with Crippen molar-refractivity contribution < 1.29 is 9.53 Å². The topological polar surface area (TPSA) is 41.6 Å². The Morgan fingerprint density at radius 3 is 1.66 bits per heavy atom. The molecule has 148 valence electrons. The van der Waals surface area contributed by atoms with Crippen LogP contribution in [0, 0.1) is 0 Å². The van der Waals surface area contributed by atoms with E-state index in [1.54, 1.807) is 0 Å². The molecule has 0 bridgehead atoms. The molecule has 1 fully saturated rings. The van der Waals surface area contributed by atoms with E-state index in [2.05, 4.69) is 34.5 Å². The van der Waals surface area contributed by atoms with Gasteiger partial charge in [0.15, 0.2) is 0 Å². The zero-order valence-corrected chi connectivity index (χ0v) is 16.4. The van der Waals surface area contributed by atoms with Crippen LogP contribution in [0.1, 0.15) is 28.8 Å². The maximum absolute atomic E-state index is 13.6. The van der Waals surface area contributed by atoms with Crippen LogP contribution in [-0.2, 0) is 9.53 Å². The van der Waals surface area contributed by atoms with E-state index in [1.165, 1.54) is 0 Å². The van der Waals surface area contributed by atoms with Crippen molar-refractivity contribution in [3.05, 3.63) is 108 Å². The summed E-state index contributed by atoms with van der Waals surface area (Å²) in [5, 5.41) is 3.32. The molecule has 0 radical (unpaired) electrons. The molecule has 4 nitrogen and oxygen atoms in total. The van der Waals surface area contributed by atoms with Gasteiger partial charge in [-0.05, 0) is 16.7 Å². The number of amides is 1. The van der Waals surface area contributed by atoms with Gasteiger partial charge in [0.1, 0.15) is 6.04 Å². The molecule has 0 aliphatic carbocycles. The second-order valence-electron chi connectivity index (χ2n) is 7.22. The molecule has 1 N–H and O–H groups in total. The Bertz CT molecular complexity index is 854. The summed E-state index contributed by atoms with van der Waals surface area (Å²) in [6.45, 7) is 2.79. The van der Waals surface area contributed by atoms with Crippen LogP contribution >= 0.6 is 0 Å². The van der Waals surface area contributed by atoms with Crippen molar-refractivity contribution >= 4 is 5.91 Å². The highest BCUT2D eigenvalue weighted by atomic mass is 16.5. The van der Waals surface area contributed by atoms with Gasteiger partial charge in [0.05, 0.1) is 19.3 Å². The first kappa shape index (κ1) is 19.4. The number of rotatable bonds is 6. The van der Waals surface area contributed by atoms with E-state index < -0.39 is 0 Å². The molecule has 4 rings (SSSR count). The van der Waals surface area contributed by atoms with Crippen LogP contribution in [-0.4, -0.2) is 37.1 Å². The average molecular weight is 386 g/mol. The summed E-state index contributed by atoms with van der Waals surface area (Å²) in [4.78, 5) is 15.8. The maximum Gasteiger partial charge on any atom is 0.242 e. The molecule has 1 aliphatic rings. The molecule has 1 heterocycles. The molecule has 29 heavy (non-hydrogen) atoms. The first-order chi connectivity index (χ1) is 14.3. The van der Waals surface area contributed by atoms with Gasteiger partial charge in [-0.15, -0.1) is 0 Å². The highest BCUT2D eigenvalue weighted by molar-refractivity contribution is 5.84. The fourth-order valence-electron chi connectivity index (χ4n) is 3.87. The molecule has 0 spiro atoms. The van der Waals surface area contributed by atoms with Crippen molar-refractivity contribution in [1.29, 1.82) is 0 Å².